The molecular formula is C23H30F4. The first-order valence-corrected chi connectivity index (χ1v) is 10.4. The first-order chi connectivity index (χ1) is 12.9. The van der Waals surface area contributed by atoms with Crippen molar-refractivity contribution in [1.82, 2.24) is 0 Å². The molecular weight excluding hydrogens is 352 g/mol. The van der Waals surface area contributed by atoms with E-state index in [1.807, 2.05) is 0 Å². The molecule has 1 aromatic carbocycles. The van der Waals surface area contributed by atoms with E-state index >= 15 is 0 Å². The molecule has 2 saturated carbocycles. The van der Waals surface area contributed by atoms with Gasteiger partial charge in [0.1, 0.15) is 5.82 Å². The molecule has 2 aliphatic rings. The molecule has 27 heavy (non-hydrogen) atoms. The molecule has 0 N–H and O–H groups in total. The van der Waals surface area contributed by atoms with Crippen molar-refractivity contribution in [2.75, 3.05) is 0 Å². The number of hydrogen-bond acceptors (Lipinski definition) is 0. The molecule has 0 nitrogen and oxygen atoms in total. The normalized spacial score (nSPS) is 30.0. The molecule has 0 aromatic heterocycles. The minimum Gasteiger partial charge on any atom is -0.206 e. The van der Waals surface area contributed by atoms with Crippen molar-refractivity contribution in [2.45, 2.75) is 76.8 Å². The molecule has 0 bridgehead atoms. The van der Waals surface area contributed by atoms with Gasteiger partial charge in [0.05, 0.1) is 0 Å². The standard InChI is InChI=1S/C23H30F4/c1-2-16-3-5-17(6-4-16)18-7-9-19(10-8-18)21-12-11-20(22(24)15-21)13-14-23(25,26)27/h11-19H,2-10H2,1H3. The van der Waals surface area contributed by atoms with Crippen molar-refractivity contribution < 1.29 is 17.6 Å². The summed E-state index contributed by atoms with van der Waals surface area (Å²) in [7, 11) is 0. The monoisotopic (exact) mass is 382 g/mol. The molecule has 0 unspecified atom stereocenters. The van der Waals surface area contributed by atoms with Gasteiger partial charge < -0.3 is 0 Å². The average Bonchev–Trinajstić information content (AvgIpc) is 2.66. The van der Waals surface area contributed by atoms with E-state index in [2.05, 4.69) is 6.92 Å². The number of allylic oxidation sites excluding steroid dienone is 1. The summed E-state index contributed by atoms with van der Waals surface area (Å²) in [5.74, 6) is 2.36. The Hall–Kier alpha value is -1.32. The van der Waals surface area contributed by atoms with Crippen molar-refractivity contribution in [3.63, 3.8) is 0 Å². The fraction of sp³-hybridized carbons (Fsp3) is 0.652. The topological polar surface area (TPSA) is 0 Å². The third-order valence-electron chi connectivity index (χ3n) is 6.86. The number of benzene rings is 1. The van der Waals surface area contributed by atoms with Crippen LogP contribution in [0.4, 0.5) is 17.6 Å². The molecule has 4 heteroatoms. The zero-order valence-electron chi connectivity index (χ0n) is 16.1. The minimum absolute atomic E-state index is 0.00237. The third kappa shape index (κ3) is 5.58. The van der Waals surface area contributed by atoms with Crippen molar-refractivity contribution in [2.24, 2.45) is 17.8 Å². The lowest BCUT2D eigenvalue weighted by molar-refractivity contribution is -0.0790. The Bertz CT molecular complexity index is 630. The fourth-order valence-electron chi connectivity index (χ4n) is 5.11. The van der Waals surface area contributed by atoms with Gasteiger partial charge in [-0.2, -0.15) is 13.2 Å². The predicted molar refractivity (Wildman–Crippen MR) is 102 cm³/mol. The number of hydrogen-bond donors (Lipinski definition) is 0. The van der Waals surface area contributed by atoms with Gasteiger partial charge in [-0.15, -0.1) is 0 Å². The Morgan fingerprint density at radius 3 is 2.04 bits per heavy atom. The number of alkyl halides is 3. The summed E-state index contributed by atoms with van der Waals surface area (Å²) in [5.41, 5.74) is 0.933. The van der Waals surface area contributed by atoms with E-state index in [9.17, 15) is 17.6 Å². The quantitative estimate of drug-likeness (QED) is 0.464. The maximum Gasteiger partial charge on any atom is 0.409 e. The van der Waals surface area contributed by atoms with Crippen molar-refractivity contribution in [1.29, 1.82) is 0 Å². The molecule has 0 radical (unpaired) electrons. The van der Waals surface area contributed by atoms with Gasteiger partial charge in [0.25, 0.3) is 0 Å². The molecule has 150 valence electrons. The second kappa shape index (κ2) is 8.79. The van der Waals surface area contributed by atoms with Crippen LogP contribution < -0.4 is 0 Å². The van der Waals surface area contributed by atoms with Crippen molar-refractivity contribution in [3.05, 3.63) is 41.2 Å². The second-order valence-electron chi connectivity index (χ2n) is 8.46. The van der Waals surface area contributed by atoms with E-state index < -0.39 is 12.0 Å². The van der Waals surface area contributed by atoms with Crippen LogP contribution in [-0.4, -0.2) is 6.18 Å². The third-order valence-corrected chi connectivity index (χ3v) is 6.86. The van der Waals surface area contributed by atoms with Gasteiger partial charge in [-0.3, -0.25) is 0 Å². The van der Waals surface area contributed by atoms with Crippen LogP contribution in [0.1, 0.15) is 81.8 Å². The van der Waals surface area contributed by atoms with Crippen LogP contribution in [0, 0.1) is 23.6 Å². The van der Waals surface area contributed by atoms with Crippen molar-refractivity contribution >= 4 is 6.08 Å². The predicted octanol–water partition coefficient (Wildman–Crippen LogP) is 7.89. The second-order valence-corrected chi connectivity index (χ2v) is 8.46. The Labute approximate surface area is 160 Å². The van der Waals surface area contributed by atoms with E-state index in [1.165, 1.54) is 57.1 Å². The van der Waals surface area contributed by atoms with Gasteiger partial charge in [-0.25, -0.2) is 4.39 Å². The molecule has 0 amide bonds. The van der Waals surface area contributed by atoms with Crippen LogP contribution in [-0.2, 0) is 0 Å². The molecule has 0 saturated heterocycles. The van der Waals surface area contributed by atoms with Crippen LogP contribution in [0.25, 0.3) is 6.08 Å². The van der Waals surface area contributed by atoms with Crippen molar-refractivity contribution in [3.8, 4) is 0 Å². The lowest BCUT2D eigenvalue weighted by Crippen LogP contribution is -2.25. The van der Waals surface area contributed by atoms with E-state index in [0.717, 1.165) is 42.2 Å². The Balaban J connectivity index is 1.55. The van der Waals surface area contributed by atoms with Gasteiger partial charge in [0.15, 0.2) is 0 Å². The fourth-order valence-corrected chi connectivity index (χ4v) is 5.11. The number of halogens is 4. The van der Waals surface area contributed by atoms with Crippen LogP contribution in [0.5, 0.6) is 0 Å². The summed E-state index contributed by atoms with van der Waals surface area (Å²) in [6.45, 7) is 2.29. The summed E-state index contributed by atoms with van der Waals surface area (Å²) in [6, 6.07) is 4.72. The molecule has 0 atom stereocenters. The highest BCUT2D eigenvalue weighted by atomic mass is 19.4. The summed E-state index contributed by atoms with van der Waals surface area (Å²) in [5, 5.41) is 0. The Morgan fingerprint density at radius 1 is 0.926 bits per heavy atom. The molecule has 1 aromatic rings. The van der Waals surface area contributed by atoms with E-state index in [1.54, 1.807) is 6.07 Å². The van der Waals surface area contributed by atoms with Gasteiger partial charge in [-0.1, -0.05) is 38.3 Å². The van der Waals surface area contributed by atoms with Crippen LogP contribution in [0.15, 0.2) is 24.3 Å². The van der Waals surface area contributed by atoms with Gasteiger partial charge >= 0.3 is 6.18 Å². The highest BCUT2D eigenvalue weighted by molar-refractivity contribution is 5.51. The highest BCUT2D eigenvalue weighted by Gasteiger charge is 2.31. The Kier molecular flexibility index (Phi) is 6.65. The molecule has 0 heterocycles. The van der Waals surface area contributed by atoms with E-state index in [-0.39, 0.29) is 11.6 Å². The average molecular weight is 382 g/mol. The van der Waals surface area contributed by atoms with Crippen LogP contribution in [0.3, 0.4) is 0 Å². The first kappa shape index (κ1) is 20.4. The van der Waals surface area contributed by atoms with Gasteiger partial charge in [-0.05, 0) is 79.9 Å². The van der Waals surface area contributed by atoms with Gasteiger partial charge in [0, 0.05) is 11.6 Å². The van der Waals surface area contributed by atoms with Crippen LogP contribution in [0.2, 0.25) is 0 Å². The van der Waals surface area contributed by atoms with E-state index in [4.69, 9.17) is 0 Å². The smallest absolute Gasteiger partial charge is 0.206 e. The SMILES string of the molecule is CCC1CCC(C2CCC(c3ccc(C=CC(F)(F)F)c(F)c3)CC2)CC1. The first-order valence-electron chi connectivity index (χ1n) is 10.4. The summed E-state index contributed by atoms with van der Waals surface area (Å²) < 4.78 is 51.0. The maximum absolute atomic E-state index is 14.2. The molecule has 0 spiro atoms. The summed E-state index contributed by atoms with van der Waals surface area (Å²) in [4.78, 5) is 0. The van der Waals surface area contributed by atoms with Crippen LogP contribution >= 0.6 is 0 Å². The lowest BCUT2D eigenvalue weighted by Gasteiger charge is -2.38. The highest BCUT2D eigenvalue weighted by Crippen LogP contribution is 2.44. The lowest BCUT2D eigenvalue weighted by atomic mass is 9.68. The zero-order chi connectivity index (χ0) is 19.4. The molecule has 2 aliphatic carbocycles. The largest absolute Gasteiger partial charge is 0.409 e. The Morgan fingerprint density at radius 2 is 1.52 bits per heavy atom. The van der Waals surface area contributed by atoms with E-state index in [0.29, 0.717) is 5.92 Å². The number of rotatable bonds is 4. The summed E-state index contributed by atoms with van der Waals surface area (Å²) >= 11 is 0. The zero-order valence-corrected chi connectivity index (χ0v) is 16.1. The molecule has 0 aliphatic heterocycles. The molecule has 2 fully saturated rings. The molecule has 3 rings (SSSR count). The van der Waals surface area contributed by atoms with Gasteiger partial charge in [0.2, 0.25) is 0 Å². The summed E-state index contributed by atoms with van der Waals surface area (Å²) in [6.07, 6.45) is 7.78. The minimum atomic E-state index is -4.42. The maximum atomic E-state index is 14.2.